The first kappa shape index (κ1) is 31.4. The van der Waals surface area contributed by atoms with Crippen molar-refractivity contribution in [1.29, 1.82) is 0 Å². The van der Waals surface area contributed by atoms with E-state index in [0.29, 0.717) is 49.6 Å². The van der Waals surface area contributed by atoms with E-state index in [2.05, 4.69) is 27.9 Å². The maximum Gasteiger partial charge on any atom is 0.335 e. The van der Waals surface area contributed by atoms with Crippen LogP contribution in [0.3, 0.4) is 0 Å². The molecule has 0 atom stereocenters. The minimum absolute atomic E-state index is 0.208. The maximum atomic E-state index is 13.5. The highest BCUT2D eigenvalue weighted by atomic mass is 127. The van der Waals surface area contributed by atoms with Gasteiger partial charge in [-0.3, -0.25) is 14.9 Å². The van der Waals surface area contributed by atoms with E-state index in [1.54, 1.807) is 60.7 Å². The lowest BCUT2D eigenvalue weighted by molar-refractivity contribution is -0.122. The molecule has 1 saturated heterocycles. The second-order valence-electron chi connectivity index (χ2n) is 9.55. The van der Waals surface area contributed by atoms with Crippen molar-refractivity contribution in [3.05, 3.63) is 121 Å². The van der Waals surface area contributed by atoms with Gasteiger partial charge >= 0.3 is 6.03 Å². The van der Waals surface area contributed by atoms with Crippen LogP contribution in [0.5, 0.6) is 17.2 Å². The topological polar surface area (TPSA) is 94.2 Å². The molecule has 0 spiro atoms. The van der Waals surface area contributed by atoms with Crippen molar-refractivity contribution >= 4 is 75.4 Å². The molecular weight excluding hydrogens is 718 g/mol. The lowest BCUT2D eigenvalue weighted by atomic mass is 10.1. The number of nitrogens with one attached hydrogen (secondary N) is 1. The number of urea groups is 1. The van der Waals surface area contributed by atoms with Crippen LogP contribution in [0.25, 0.3) is 6.08 Å². The fraction of sp³-hybridized carbons (Fsp3) is 0.121. The van der Waals surface area contributed by atoms with Crippen LogP contribution in [-0.2, 0) is 22.8 Å². The first-order valence-electron chi connectivity index (χ1n) is 13.4. The minimum atomic E-state index is -0.845. The fourth-order valence-electron chi connectivity index (χ4n) is 4.31. The molecule has 1 N–H and O–H groups in total. The van der Waals surface area contributed by atoms with Crippen LogP contribution < -0.4 is 24.4 Å². The van der Waals surface area contributed by atoms with Crippen molar-refractivity contribution in [1.82, 2.24) is 5.32 Å². The van der Waals surface area contributed by atoms with Gasteiger partial charge in [0, 0.05) is 10.0 Å². The van der Waals surface area contributed by atoms with E-state index in [-0.39, 0.29) is 17.9 Å². The second kappa shape index (κ2) is 14.1. The third-order valence-electron chi connectivity index (χ3n) is 6.45. The van der Waals surface area contributed by atoms with Gasteiger partial charge in [0.05, 0.1) is 15.9 Å². The van der Waals surface area contributed by atoms with Crippen molar-refractivity contribution in [3.63, 3.8) is 0 Å². The Morgan fingerprint density at radius 3 is 1.98 bits per heavy atom. The molecule has 8 nitrogen and oxygen atoms in total. The Hall–Kier alpha value is -4.06. The molecule has 11 heteroatoms. The number of nitrogens with zero attached hydrogens (tertiary/aromatic N) is 1. The van der Waals surface area contributed by atoms with E-state index in [1.807, 2.05) is 31.2 Å². The molecule has 0 unspecified atom stereocenters. The quantitative estimate of drug-likeness (QED) is 0.101. The van der Waals surface area contributed by atoms with Crippen LogP contribution in [0.15, 0.2) is 90.5 Å². The molecule has 44 heavy (non-hydrogen) atoms. The first-order chi connectivity index (χ1) is 21.2. The Morgan fingerprint density at radius 1 is 0.795 bits per heavy atom. The largest absolute Gasteiger partial charge is 0.490 e. The van der Waals surface area contributed by atoms with Gasteiger partial charge in [0.15, 0.2) is 11.5 Å². The summed E-state index contributed by atoms with van der Waals surface area (Å²) < 4.78 is 18.4. The zero-order valence-corrected chi connectivity index (χ0v) is 27.0. The molecule has 1 heterocycles. The fourth-order valence-corrected chi connectivity index (χ4v) is 5.34. The number of benzene rings is 4. The molecular formula is C33H25Cl2IN2O6. The molecule has 4 amide bonds. The van der Waals surface area contributed by atoms with Crippen molar-refractivity contribution in [2.24, 2.45) is 0 Å². The molecule has 5 rings (SSSR count). The highest BCUT2D eigenvalue weighted by Crippen LogP contribution is 2.36. The summed E-state index contributed by atoms with van der Waals surface area (Å²) in [6.07, 6.45) is 1.42. The van der Waals surface area contributed by atoms with E-state index < -0.39 is 17.8 Å². The number of ether oxygens (including phenoxy) is 3. The predicted molar refractivity (Wildman–Crippen MR) is 177 cm³/mol. The summed E-state index contributed by atoms with van der Waals surface area (Å²) in [5.74, 6) is -0.0400. The van der Waals surface area contributed by atoms with E-state index in [0.717, 1.165) is 16.0 Å². The van der Waals surface area contributed by atoms with Gasteiger partial charge in [-0.05, 0) is 113 Å². The summed E-state index contributed by atoms with van der Waals surface area (Å²) in [6, 6.07) is 23.6. The number of carbonyl (C=O) groups excluding carboxylic acids is 3. The zero-order valence-electron chi connectivity index (χ0n) is 23.3. The number of hydrogen-bond donors (Lipinski definition) is 1. The number of amides is 4. The summed E-state index contributed by atoms with van der Waals surface area (Å²) in [5.41, 5.74) is 2.45. The van der Waals surface area contributed by atoms with Gasteiger partial charge in [0.2, 0.25) is 0 Å². The van der Waals surface area contributed by atoms with E-state index in [1.165, 1.54) is 6.08 Å². The molecule has 0 aliphatic carbocycles. The number of halogens is 3. The number of rotatable bonds is 10. The summed E-state index contributed by atoms with van der Waals surface area (Å²) >= 11 is 14.0. The van der Waals surface area contributed by atoms with Gasteiger partial charge in [0.1, 0.15) is 24.5 Å². The van der Waals surface area contributed by atoms with Gasteiger partial charge in [-0.2, -0.15) is 0 Å². The van der Waals surface area contributed by atoms with E-state index in [9.17, 15) is 14.4 Å². The molecule has 1 aliphatic rings. The smallest absolute Gasteiger partial charge is 0.335 e. The number of hydrogen-bond acceptors (Lipinski definition) is 6. The van der Waals surface area contributed by atoms with Crippen molar-refractivity contribution < 1.29 is 28.6 Å². The summed E-state index contributed by atoms with van der Waals surface area (Å²) in [6.45, 7) is 2.82. The molecule has 0 bridgehead atoms. The van der Waals surface area contributed by atoms with Crippen LogP contribution in [0.4, 0.5) is 10.5 Å². The number of barbiturate groups is 1. The Balaban J connectivity index is 1.35. The Bertz CT molecular complexity index is 1730. The van der Waals surface area contributed by atoms with Crippen molar-refractivity contribution in [2.75, 3.05) is 11.5 Å². The van der Waals surface area contributed by atoms with E-state index in [4.69, 9.17) is 37.4 Å². The maximum absolute atomic E-state index is 13.5. The lowest BCUT2D eigenvalue weighted by Crippen LogP contribution is -2.54. The average Bonchev–Trinajstić information content (AvgIpc) is 3.00. The number of anilines is 1. The van der Waals surface area contributed by atoms with E-state index >= 15 is 0 Å². The van der Waals surface area contributed by atoms with Crippen LogP contribution in [0, 0.1) is 3.57 Å². The number of carbonyl (C=O) groups is 3. The highest BCUT2D eigenvalue weighted by molar-refractivity contribution is 14.1. The van der Waals surface area contributed by atoms with Gasteiger partial charge in [-0.1, -0.05) is 47.5 Å². The molecule has 0 aromatic heterocycles. The SMILES string of the molecule is CCOc1cc(/C=C2\C(=O)NC(=O)N(c3ccc(OCc4ccc(Cl)cc4)cc3)C2=O)cc(I)c1OCc1ccc(Cl)cc1. The third-order valence-corrected chi connectivity index (χ3v) is 7.76. The second-order valence-corrected chi connectivity index (χ2v) is 11.6. The standard InChI is InChI=1S/C33H25Cl2IN2O6/c1-2-42-29-17-22(16-28(36)30(29)44-19-21-5-9-24(35)10-6-21)15-27-31(39)37-33(41)38(32(27)40)25-11-13-26(14-12-25)43-18-20-3-7-23(34)8-4-20/h3-17H,2,18-19H2,1H3,(H,37,39,41)/b27-15+. The Labute approximate surface area is 277 Å². The Morgan fingerprint density at radius 2 is 1.39 bits per heavy atom. The summed E-state index contributed by atoms with van der Waals surface area (Å²) in [4.78, 5) is 39.9. The molecule has 224 valence electrons. The van der Waals surface area contributed by atoms with Crippen molar-refractivity contribution in [3.8, 4) is 17.2 Å². The van der Waals surface area contributed by atoms with Crippen molar-refractivity contribution in [2.45, 2.75) is 20.1 Å². The summed E-state index contributed by atoms with van der Waals surface area (Å²) in [7, 11) is 0. The monoisotopic (exact) mass is 742 g/mol. The predicted octanol–water partition coefficient (Wildman–Crippen LogP) is 7.82. The number of imide groups is 2. The Kier molecular flexibility index (Phi) is 10.1. The third kappa shape index (κ3) is 7.53. The lowest BCUT2D eigenvalue weighted by Gasteiger charge is -2.26. The normalized spacial score (nSPS) is 14.0. The van der Waals surface area contributed by atoms with Gasteiger partial charge in [-0.25, -0.2) is 9.69 Å². The molecule has 4 aromatic carbocycles. The summed E-state index contributed by atoms with van der Waals surface area (Å²) in [5, 5.41) is 3.52. The molecule has 1 aliphatic heterocycles. The van der Waals surface area contributed by atoms with Crippen LogP contribution in [0.1, 0.15) is 23.6 Å². The molecule has 0 saturated carbocycles. The first-order valence-corrected chi connectivity index (χ1v) is 15.3. The van der Waals surface area contributed by atoms with Gasteiger partial charge in [-0.15, -0.1) is 0 Å². The zero-order chi connectivity index (χ0) is 31.2. The van der Waals surface area contributed by atoms with Crippen LogP contribution in [-0.4, -0.2) is 24.5 Å². The highest BCUT2D eigenvalue weighted by Gasteiger charge is 2.37. The average molecular weight is 743 g/mol. The molecule has 4 aromatic rings. The molecule has 1 fully saturated rings. The van der Waals surface area contributed by atoms with Gasteiger partial charge < -0.3 is 14.2 Å². The van der Waals surface area contributed by atoms with Crippen LogP contribution >= 0.6 is 45.8 Å². The van der Waals surface area contributed by atoms with Crippen LogP contribution in [0.2, 0.25) is 10.0 Å². The molecule has 0 radical (unpaired) electrons. The van der Waals surface area contributed by atoms with Gasteiger partial charge in [0.25, 0.3) is 11.8 Å². The minimum Gasteiger partial charge on any atom is -0.490 e.